The molecule has 1 heterocycles. The lowest BCUT2D eigenvalue weighted by Gasteiger charge is -2.09. The molecule has 1 amide bonds. The van der Waals surface area contributed by atoms with E-state index in [2.05, 4.69) is 5.32 Å². The topological polar surface area (TPSA) is 54.3 Å². The Balaban J connectivity index is 2.15. The van der Waals surface area contributed by atoms with Crippen LogP contribution in [0.15, 0.2) is 48.8 Å². The van der Waals surface area contributed by atoms with E-state index in [0.717, 1.165) is 5.69 Å². The summed E-state index contributed by atoms with van der Waals surface area (Å²) in [6.07, 6.45) is 3.31. The van der Waals surface area contributed by atoms with E-state index in [-0.39, 0.29) is 12.5 Å². The highest BCUT2D eigenvalue weighted by Gasteiger charge is 2.07. The Morgan fingerprint density at radius 2 is 2.06 bits per heavy atom. The van der Waals surface area contributed by atoms with Crippen LogP contribution in [0.4, 0.5) is 0 Å². The Kier molecular flexibility index (Phi) is 3.79. The van der Waals surface area contributed by atoms with Gasteiger partial charge in [0, 0.05) is 30.2 Å². The van der Waals surface area contributed by atoms with Gasteiger partial charge < -0.3 is 15.0 Å². The quantitative estimate of drug-likeness (QED) is 0.858. The van der Waals surface area contributed by atoms with Gasteiger partial charge in [-0.1, -0.05) is 6.07 Å². The molecule has 1 aromatic carbocycles. The molecule has 0 aliphatic rings. The summed E-state index contributed by atoms with van der Waals surface area (Å²) in [5.74, 6) is -0.176. The third-order valence-electron chi connectivity index (χ3n) is 2.57. The Bertz CT molecular complexity index is 518. The average Bonchev–Trinajstić information content (AvgIpc) is 2.90. The van der Waals surface area contributed by atoms with E-state index in [4.69, 9.17) is 5.11 Å². The summed E-state index contributed by atoms with van der Waals surface area (Å²) >= 11 is 0. The van der Waals surface area contributed by atoms with E-state index < -0.39 is 6.10 Å². The van der Waals surface area contributed by atoms with Crippen LogP contribution in [0.5, 0.6) is 0 Å². The predicted molar refractivity (Wildman–Crippen MR) is 69.8 cm³/mol. The molecule has 2 rings (SSSR count). The molecular weight excluding hydrogens is 228 g/mol. The zero-order chi connectivity index (χ0) is 13.0. The van der Waals surface area contributed by atoms with Crippen LogP contribution in [-0.4, -0.2) is 28.2 Å². The zero-order valence-corrected chi connectivity index (χ0v) is 10.2. The van der Waals surface area contributed by atoms with Gasteiger partial charge in [0.1, 0.15) is 0 Å². The number of hydrogen-bond acceptors (Lipinski definition) is 2. The molecule has 0 aliphatic carbocycles. The van der Waals surface area contributed by atoms with Crippen molar-refractivity contribution in [2.75, 3.05) is 6.54 Å². The lowest BCUT2D eigenvalue weighted by molar-refractivity contribution is 0.0924. The lowest BCUT2D eigenvalue weighted by Crippen LogP contribution is -2.30. The zero-order valence-electron chi connectivity index (χ0n) is 10.2. The van der Waals surface area contributed by atoms with Crippen LogP contribution >= 0.6 is 0 Å². The highest BCUT2D eigenvalue weighted by Crippen LogP contribution is 2.10. The van der Waals surface area contributed by atoms with Crippen molar-refractivity contribution in [2.24, 2.45) is 0 Å². The van der Waals surface area contributed by atoms with Gasteiger partial charge in [0.25, 0.3) is 5.91 Å². The minimum absolute atomic E-state index is 0.176. The molecule has 0 fully saturated rings. The number of nitrogens with zero attached hydrogens (tertiary/aromatic N) is 1. The third kappa shape index (κ3) is 2.99. The van der Waals surface area contributed by atoms with Crippen molar-refractivity contribution in [1.82, 2.24) is 9.88 Å². The lowest BCUT2D eigenvalue weighted by atomic mass is 10.2. The SMILES string of the molecule is C[C@@H](O)CNC(=O)c1cccc(-n2cccc2)c1. The molecule has 0 unspecified atom stereocenters. The average molecular weight is 244 g/mol. The highest BCUT2D eigenvalue weighted by atomic mass is 16.3. The summed E-state index contributed by atoms with van der Waals surface area (Å²) in [4.78, 5) is 11.8. The van der Waals surface area contributed by atoms with Crippen molar-refractivity contribution in [3.63, 3.8) is 0 Å². The Labute approximate surface area is 106 Å². The van der Waals surface area contributed by atoms with E-state index in [1.165, 1.54) is 0 Å². The Hall–Kier alpha value is -2.07. The third-order valence-corrected chi connectivity index (χ3v) is 2.57. The fourth-order valence-electron chi connectivity index (χ4n) is 1.66. The fraction of sp³-hybridized carbons (Fsp3) is 0.214. The van der Waals surface area contributed by atoms with Gasteiger partial charge in [-0.2, -0.15) is 0 Å². The molecule has 0 saturated heterocycles. The maximum atomic E-state index is 11.8. The Morgan fingerprint density at radius 3 is 2.72 bits per heavy atom. The molecular formula is C14H16N2O2. The molecule has 0 aliphatic heterocycles. The van der Waals surface area contributed by atoms with Crippen LogP contribution < -0.4 is 5.32 Å². The summed E-state index contributed by atoms with van der Waals surface area (Å²) in [7, 11) is 0. The van der Waals surface area contributed by atoms with E-state index in [1.807, 2.05) is 47.3 Å². The van der Waals surface area contributed by atoms with Gasteiger partial charge in [-0.25, -0.2) is 0 Å². The van der Waals surface area contributed by atoms with Gasteiger partial charge in [-0.15, -0.1) is 0 Å². The fourth-order valence-corrected chi connectivity index (χ4v) is 1.66. The molecule has 18 heavy (non-hydrogen) atoms. The first-order valence-electron chi connectivity index (χ1n) is 5.86. The number of aliphatic hydroxyl groups is 1. The number of carbonyl (C=O) groups excluding carboxylic acids is 1. The Morgan fingerprint density at radius 1 is 1.33 bits per heavy atom. The van der Waals surface area contributed by atoms with Crippen molar-refractivity contribution in [3.05, 3.63) is 54.4 Å². The van der Waals surface area contributed by atoms with Crippen molar-refractivity contribution < 1.29 is 9.90 Å². The summed E-state index contributed by atoms with van der Waals surface area (Å²) in [6.45, 7) is 1.89. The summed E-state index contributed by atoms with van der Waals surface area (Å²) < 4.78 is 1.94. The summed E-state index contributed by atoms with van der Waals surface area (Å²) in [5, 5.41) is 11.8. The second-order valence-corrected chi connectivity index (χ2v) is 4.20. The number of hydrogen-bond donors (Lipinski definition) is 2. The van der Waals surface area contributed by atoms with Crippen LogP contribution in [0.2, 0.25) is 0 Å². The van der Waals surface area contributed by atoms with Gasteiger partial charge in [0.15, 0.2) is 0 Å². The standard InChI is InChI=1S/C14H16N2O2/c1-11(17)10-15-14(18)12-5-4-6-13(9-12)16-7-2-3-8-16/h2-9,11,17H,10H2,1H3,(H,15,18)/t11-/m1/s1. The first-order chi connectivity index (χ1) is 8.66. The number of benzene rings is 1. The molecule has 0 saturated carbocycles. The number of aromatic nitrogens is 1. The van der Waals surface area contributed by atoms with Crippen LogP contribution in [0.25, 0.3) is 5.69 Å². The van der Waals surface area contributed by atoms with Gasteiger partial charge in [0.2, 0.25) is 0 Å². The normalized spacial score (nSPS) is 12.1. The molecule has 1 atom stereocenters. The highest BCUT2D eigenvalue weighted by molar-refractivity contribution is 5.94. The van der Waals surface area contributed by atoms with E-state index in [0.29, 0.717) is 5.56 Å². The molecule has 2 aromatic rings. The van der Waals surface area contributed by atoms with Crippen LogP contribution in [0.1, 0.15) is 17.3 Å². The molecule has 4 heteroatoms. The monoisotopic (exact) mass is 244 g/mol. The number of amides is 1. The van der Waals surface area contributed by atoms with Crippen molar-refractivity contribution in [2.45, 2.75) is 13.0 Å². The van der Waals surface area contributed by atoms with Crippen molar-refractivity contribution in [1.29, 1.82) is 0 Å². The first-order valence-corrected chi connectivity index (χ1v) is 5.86. The minimum Gasteiger partial charge on any atom is -0.392 e. The van der Waals surface area contributed by atoms with Crippen LogP contribution in [0, 0.1) is 0 Å². The number of aliphatic hydroxyl groups excluding tert-OH is 1. The molecule has 4 nitrogen and oxygen atoms in total. The van der Waals surface area contributed by atoms with E-state index in [1.54, 1.807) is 13.0 Å². The van der Waals surface area contributed by atoms with E-state index in [9.17, 15) is 4.79 Å². The molecule has 0 spiro atoms. The summed E-state index contributed by atoms with van der Waals surface area (Å²) in [6, 6.07) is 11.2. The number of rotatable bonds is 4. The van der Waals surface area contributed by atoms with Crippen LogP contribution in [-0.2, 0) is 0 Å². The maximum absolute atomic E-state index is 11.8. The smallest absolute Gasteiger partial charge is 0.251 e. The predicted octanol–water partition coefficient (Wildman–Crippen LogP) is 1.59. The van der Waals surface area contributed by atoms with E-state index >= 15 is 0 Å². The summed E-state index contributed by atoms with van der Waals surface area (Å²) in [5.41, 5.74) is 1.52. The maximum Gasteiger partial charge on any atom is 0.251 e. The van der Waals surface area contributed by atoms with Crippen molar-refractivity contribution in [3.8, 4) is 5.69 Å². The van der Waals surface area contributed by atoms with Crippen molar-refractivity contribution >= 4 is 5.91 Å². The largest absolute Gasteiger partial charge is 0.392 e. The van der Waals surface area contributed by atoms with Gasteiger partial charge >= 0.3 is 0 Å². The molecule has 94 valence electrons. The second kappa shape index (κ2) is 5.51. The molecule has 2 N–H and O–H groups in total. The van der Waals surface area contributed by atoms with Gasteiger partial charge in [-0.05, 0) is 37.3 Å². The van der Waals surface area contributed by atoms with Gasteiger partial charge in [-0.3, -0.25) is 4.79 Å². The van der Waals surface area contributed by atoms with Crippen LogP contribution in [0.3, 0.4) is 0 Å². The minimum atomic E-state index is -0.540. The first kappa shape index (κ1) is 12.4. The molecule has 0 radical (unpaired) electrons. The second-order valence-electron chi connectivity index (χ2n) is 4.20. The van der Waals surface area contributed by atoms with Gasteiger partial charge in [0.05, 0.1) is 6.10 Å². The molecule has 1 aromatic heterocycles. The number of nitrogens with one attached hydrogen (secondary N) is 1. The number of carbonyl (C=O) groups is 1. The molecule has 0 bridgehead atoms.